The summed E-state index contributed by atoms with van der Waals surface area (Å²) in [5.74, 6) is 0. The predicted octanol–water partition coefficient (Wildman–Crippen LogP) is 3.66. The molecule has 5 rings (SSSR count). The second-order valence-corrected chi connectivity index (χ2v) is 7.47. The number of nitrogens with zero attached hydrogens (tertiary/aromatic N) is 3. The quantitative estimate of drug-likeness (QED) is 0.768. The van der Waals surface area contributed by atoms with Gasteiger partial charge in [0.25, 0.3) is 0 Å². The number of piperidine rings is 1. The predicted molar refractivity (Wildman–Crippen MR) is 101 cm³/mol. The zero-order chi connectivity index (χ0) is 16.8. The maximum Gasteiger partial charge on any atom is 0.0703 e. The van der Waals surface area contributed by atoms with Crippen LogP contribution in [0, 0.1) is 0 Å². The minimum absolute atomic E-state index is 0.573. The van der Waals surface area contributed by atoms with E-state index in [0.29, 0.717) is 6.04 Å². The highest BCUT2D eigenvalue weighted by atomic mass is 15.2. The van der Waals surface area contributed by atoms with Crippen LogP contribution in [0.3, 0.4) is 0 Å². The molecule has 2 aliphatic heterocycles. The van der Waals surface area contributed by atoms with Crippen LogP contribution in [0.25, 0.3) is 22.2 Å². The van der Waals surface area contributed by atoms with Gasteiger partial charge in [-0.05, 0) is 57.0 Å². The van der Waals surface area contributed by atoms with Crippen molar-refractivity contribution in [2.45, 2.75) is 43.8 Å². The molecular weight excluding hydrogens is 310 g/mol. The molecule has 2 aliphatic rings. The van der Waals surface area contributed by atoms with Gasteiger partial charge in [0, 0.05) is 29.1 Å². The third kappa shape index (κ3) is 2.68. The van der Waals surface area contributed by atoms with Crippen LogP contribution in [0.1, 0.15) is 25.7 Å². The molecule has 0 saturated carbocycles. The maximum atomic E-state index is 4.67. The van der Waals surface area contributed by atoms with Crippen LogP contribution in [0.4, 0.5) is 5.69 Å². The number of aromatic nitrogens is 3. The van der Waals surface area contributed by atoms with Gasteiger partial charge >= 0.3 is 0 Å². The second-order valence-electron chi connectivity index (χ2n) is 7.47. The second kappa shape index (κ2) is 5.85. The van der Waals surface area contributed by atoms with Crippen LogP contribution in [0.15, 0.2) is 42.7 Å². The summed E-state index contributed by atoms with van der Waals surface area (Å²) in [6.45, 7) is 0. The lowest BCUT2D eigenvalue weighted by atomic mass is 9.98. The Morgan fingerprint density at radius 2 is 1.92 bits per heavy atom. The molecule has 0 radical (unpaired) electrons. The standard InChI is InChI=1S/C20H23N5/c1-25-17-4-5-18(25)10-16(9-17)23-15-3-7-19(21-12-15)13-2-6-20-14(8-13)11-22-24-20/h2-3,6-8,11-12,16-18,23H,4-5,9-10H2,1H3,(H,22,24). The van der Waals surface area contributed by atoms with Crippen molar-refractivity contribution in [3.8, 4) is 11.3 Å². The van der Waals surface area contributed by atoms with E-state index in [1.807, 2.05) is 12.4 Å². The van der Waals surface area contributed by atoms with E-state index in [1.54, 1.807) is 0 Å². The molecule has 25 heavy (non-hydrogen) atoms. The van der Waals surface area contributed by atoms with Gasteiger partial charge in [-0.2, -0.15) is 5.10 Å². The average Bonchev–Trinajstić information content (AvgIpc) is 3.16. The van der Waals surface area contributed by atoms with Crippen LogP contribution in [-0.4, -0.2) is 45.3 Å². The molecule has 128 valence electrons. The van der Waals surface area contributed by atoms with Crippen molar-refractivity contribution in [3.05, 3.63) is 42.7 Å². The van der Waals surface area contributed by atoms with Crippen molar-refractivity contribution in [2.75, 3.05) is 12.4 Å². The number of rotatable bonds is 3. The zero-order valence-electron chi connectivity index (χ0n) is 14.4. The first kappa shape index (κ1) is 14.9. The Morgan fingerprint density at radius 3 is 2.68 bits per heavy atom. The molecule has 0 aliphatic carbocycles. The molecule has 2 bridgehead atoms. The van der Waals surface area contributed by atoms with E-state index >= 15 is 0 Å². The monoisotopic (exact) mass is 333 g/mol. The molecule has 2 atom stereocenters. The van der Waals surface area contributed by atoms with E-state index in [1.165, 1.54) is 25.7 Å². The van der Waals surface area contributed by atoms with Gasteiger partial charge in [-0.1, -0.05) is 6.07 Å². The smallest absolute Gasteiger partial charge is 0.0703 e. The number of pyridine rings is 1. The largest absolute Gasteiger partial charge is 0.381 e. The van der Waals surface area contributed by atoms with Gasteiger partial charge in [0.05, 0.1) is 29.3 Å². The number of fused-ring (bicyclic) bond motifs is 3. The summed E-state index contributed by atoms with van der Waals surface area (Å²) >= 11 is 0. The number of aromatic amines is 1. The van der Waals surface area contributed by atoms with E-state index in [2.05, 4.69) is 62.8 Å². The van der Waals surface area contributed by atoms with E-state index in [4.69, 9.17) is 0 Å². The van der Waals surface area contributed by atoms with Gasteiger partial charge in [0.1, 0.15) is 0 Å². The number of nitrogens with one attached hydrogen (secondary N) is 2. The molecule has 2 saturated heterocycles. The van der Waals surface area contributed by atoms with Crippen molar-refractivity contribution in [3.63, 3.8) is 0 Å². The topological polar surface area (TPSA) is 56.8 Å². The van der Waals surface area contributed by atoms with Crippen molar-refractivity contribution < 1.29 is 0 Å². The van der Waals surface area contributed by atoms with Crippen molar-refractivity contribution in [2.24, 2.45) is 0 Å². The average molecular weight is 333 g/mol. The Labute approximate surface area is 147 Å². The molecule has 0 spiro atoms. The Morgan fingerprint density at radius 1 is 1.08 bits per heavy atom. The lowest BCUT2D eigenvalue weighted by Gasteiger charge is -2.37. The molecule has 2 N–H and O–H groups in total. The van der Waals surface area contributed by atoms with Gasteiger partial charge in [-0.15, -0.1) is 0 Å². The van der Waals surface area contributed by atoms with Crippen LogP contribution < -0.4 is 5.32 Å². The van der Waals surface area contributed by atoms with E-state index in [9.17, 15) is 0 Å². The van der Waals surface area contributed by atoms with Crippen molar-refractivity contribution in [1.82, 2.24) is 20.1 Å². The minimum Gasteiger partial charge on any atom is -0.381 e. The lowest BCUT2D eigenvalue weighted by molar-refractivity contribution is 0.169. The fourth-order valence-electron chi connectivity index (χ4n) is 4.52. The van der Waals surface area contributed by atoms with E-state index < -0.39 is 0 Å². The Hall–Kier alpha value is -2.40. The molecule has 3 aromatic rings. The summed E-state index contributed by atoms with van der Waals surface area (Å²) in [7, 11) is 2.28. The minimum atomic E-state index is 0.573. The molecule has 2 unspecified atom stereocenters. The molecule has 1 aromatic carbocycles. The van der Waals surface area contributed by atoms with Gasteiger partial charge in [0.15, 0.2) is 0 Å². The molecule has 5 nitrogen and oxygen atoms in total. The number of benzene rings is 1. The lowest BCUT2D eigenvalue weighted by Crippen LogP contribution is -2.44. The van der Waals surface area contributed by atoms with E-state index in [0.717, 1.165) is 39.9 Å². The first-order chi connectivity index (χ1) is 12.3. The summed E-state index contributed by atoms with van der Waals surface area (Å²) in [6.07, 6.45) is 9.01. The maximum absolute atomic E-state index is 4.67. The van der Waals surface area contributed by atoms with Crippen LogP contribution >= 0.6 is 0 Å². The van der Waals surface area contributed by atoms with Crippen molar-refractivity contribution >= 4 is 16.6 Å². The fourth-order valence-corrected chi connectivity index (χ4v) is 4.52. The number of H-pyrrole nitrogens is 1. The zero-order valence-corrected chi connectivity index (χ0v) is 14.4. The van der Waals surface area contributed by atoms with E-state index in [-0.39, 0.29) is 0 Å². The number of hydrogen-bond donors (Lipinski definition) is 2. The molecule has 0 amide bonds. The summed E-state index contributed by atoms with van der Waals surface area (Å²) in [6, 6.07) is 12.6. The fraction of sp³-hybridized carbons (Fsp3) is 0.400. The number of hydrogen-bond acceptors (Lipinski definition) is 4. The van der Waals surface area contributed by atoms with Gasteiger partial charge in [-0.25, -0.2) is 0 Å². The molecular formula is C20H23N5. The van der Waals surface area contributed by atoms with Gasteiger partial charge < -0.3 is 10.2 Å². The summed E-state index contributed by atoms with van der Waals surface area (Å²) in [5.41, 5.74) is 4.30. The summed E-state index contributed by atoms with van der Waals surface area (Å²) in [5, 5.41) is 11.9. The molecule has 4 heterocycles. The summed E-state index contributed by atoms with van der Waals surface area (Å²) < 4.78 is 0. The van der Waals surface area contributed by atoms with Gasteiger partial charge in [0.2, 0.25) is 0 Å². The van der Waals surface area contributed by atoms with Crippen LogP contribution in [0.2, 0.25) is 0 Å². The van der Waals surface area contributed by atoms with Crippen LogP contribution in [-0.2, 0) is 0 Å². The first-order valence-electron chi connectivity index (χ1n) is 9.14. The number of anilines is 1. The molecule has 2 aromatic heterocycles. The highest BCUT2D eigenvalue weighted by Gasteiger charge is 2.38. The highest BCUT2D eigenvalue weighted by Crippen LogP contribution is 2.35. The summed E-state index contributed by atoms with van der Waals surface area (Å²) in [4.78, 5) is 7.25. The normalized spacial score (nSPS) is 26.2. The Kier molecular flexibility index (Phi) is 3.48. The Balaban J connectivity index is 1.31. The highest BCUT2D eigenvalue weighted by molar-refractivity contribution is 5.83. The van der Waals surface area contributed by atoms with Crippen molar-refractivity contribution in [1.29, 1.82) is 0 Å². The SMILES string of the molecule is CN1C2CCC1CC(Nc1ccc(-c3ccc4[nH]ncc4c3)nc1)C2. The van der Waals surface area contributed by atoms with Crippen LogP contribution in [0.5, 0.6) is 0 Å². The van der Waals surface area contributed by atoms with Gasteiger partial charge in [-0.3, -0.25) is 10.1 Å². The first-order valence-corrected chi connectivity index (χ1v) is 9.14. The molecule has 5 heteroatoms. The molecule has 2 fully saturated rings. The third-order valence-electron chi connectivity index (χ3n) is 5.97. The third-order valence-corrected chi connectivity index (χ3v) is 5.97. The Bertz CT molecular complexity index is 870.